The van der Waals surface area contributed by atoms with Crippen molar-refractivity contribution in [2.45, 2.75) is 43.1 Å². The molecule has 8 rings (SSSR count). The number of anilines is 1. The van der Waals surface area contributed by atoms with Crippen molar-refractivity contribution in [2.75, 3.05) is 50.9 Å². The minimum absolute atomic E-state index is 0.0158. The third-order valence-electron chi connectivity index (χ3n) is 10.1. The first-order chi connectivity index (χ1) is 25.4. The Hall–Kier alpha value is -5.05. The van der Waals surface area contributed by atoms with E-state index in [2.05, 4.69) is 53.7 Å². The number of H-pyrrole nitrogens is 1. The number of ether oxygens (including phenoxy) is 1. The predicted octanol–water partition coefficient (Wildman–Crippen LogP) is 4.48. The highest BCUT2D eigenvalue weighted by Gasteiger charge is 2.44. The van der Waals surface area contributed by atoms with E-state index >= 15 is 0 Å². The number of benzene rings is 2. The molecule has 13 nitrogen and oxygen atoms in total. The van der Waals surface area contributed by atoms with Crippen LogP contribution in [0.15, 0.2) is 73.2 Å². The standard InChI is InChI=1S/C38H41N9O4S/c1-52-38(37(50)41-29-7-10-32-31(20-29)35(43-42-32)28-6-11-33(39-21-28)51-30-8-9-30)14-17-45(23-38)22-34(49)46-15-12-26(13-16-46)25-2-4-27(5-3-25)36-40-24-47(44-36)18-19-48/h2-7,10-12,20-21,24,30,48H,8-9,13-19,22-23H2,1H3,(H,41,50)(H,42,43)/t38-/m0/s1. The van der Waals surface area contributed by atoms with Crippen molar-refractivity contribution in [1.29, 1.82) is 0 Å². The molecule has 268 valence electrons. The molecular formula is C38H41N9O4S. The summed E-state index contributed by atoms with van der Waals surface area (Å²) in [7, 11) is 0. The number of fused-ring (bicyclic) bond motifs is 1. The van der Waals surface area contributed by atoms with Crippen molar-refractivity contribution >= 4 is 45.7 Å². The monoisotopic (exact) mass is 719 g/mol. The summed E-state index contributed by atoms with van der Waals surface area (Å²) >= 11 is 1.54. The zero-order valence-electron chi connectivity index (χ0n) is 29.0. The fraction of sp³-hybridized carbons (Fsp3) is 0.368. The van der Waals surface area contributed by atoms with E-state index in [0.717, 1.165) is 52.5 Å². The number of carbonyl (C=O) groups excluding carboxylic acids is 2. The zero-order chi connectivity index (χ0) is 35.7. The number of nitrogens with one attached hydrogen (secondary N) is 2. The molecule has 0 unspecified atom stereocenters. The Morgan fingerprint density at radius 3 is 2.62 bits per heavy atom. The van der Waals surface area contributed by atoms with E-state index in [-0.39, 0.29) is 31.1 Å². The molecule has 2 aliphatic heterocycles. The lowest BCUT2D eigenvalue weighted by atomic mass is 9.98. The van der Waals surface area contributed by atoms with Gasteiger partial charge in [-0.1, -0.05) is 30.3 Å². The molecule has 14 heteroatoms. The van der Waals surface area contributed by atoms with Crippen LogP contribution in [-0.2, 0) is 16.1 Å². The van der Waals surface area contributed by atoms with Gasteiger partial charge in [0, 0.05) is 60.6 Å². The Bertz CT molecular complexity index is 2110. The fourth-order valence-electron chi connectivity index (χ4n) is 6.86. The second-order valence-electron chi connectivity index (χ2n) is 13.6. The number of thioether (sulfide) groups is 1. The topological polar surface area (TPSA) is 154 Å². The Morgan fingerprint density at radius 1 is 1.06 bits per heavy atom. The molecule has 52 heavy (non-hydrogen) atoms. The number of aromatic amines is 1. The Labute approximate surface area is 305 Å². The summed E-state index contributed by atoms with van der Waals surface area (Å²) in [5.74, 6) is 1.26. The number of aliphatic hydroxyl groups is 1. The minimum Gasteiger partial charge on any atom is -0.474 e. The van der Waals surface area contributed by atoms with Gasteiger partial charge in [-0.25, -0.2) is 9.97 Å². The first kappa shape index (κ1) is 34.1. The number of hydrogen-bond acceptors (Lipinski definition) is 10. The maximum Gasteiger partial charge on any atom is 0.241 e. The van der Waals surface area contributed by atoms with Crippen molar-refractivity contribution < 1.29 is 19.4 Å². The van der Waals surface area contributed by atoms with Crippen molar-refractivity contribution in [1.82, 2.24) is 39.7 Å². The highest BCUT2D eigenvalue weighted by atomic mass is 32.2. The second kappa shape index (κ2) is 14.5. The first-order valence-electron chi connectivity index (χ1n) is 17.7. The predicted molar refractivity (Wildman–Crippen MR) is 201 cm³/mol. The van der Waals surface area contributed by atoms with Gasteiger partial charge in [0.05, 0.1) is 25.2 Å². The van der Waals surface area contributed by atoms with E-state index in [9.17, 15) is 9.59 Å². The molecular weight excluding hydrogens is 679 g/mol. The molecule has 5 heterocycles. The molecule has 1 saturated heterocycles. The lowest BCUT2D eigenvalue weighted by Crippen LogP contribution is -2.45. The maximum atomic E-state index is 13.8. The van der Waals surface area contributed by atoms with Crippen LogP contribution < -0.4 is 10.1 Å². The molecule has 3 aliphatic rings. The van der Waals surface area contributed by atoms with Crippen molar-refractivity contribution in [3.63, 3.8) is 0 Å². The Kier molecular flexibility index (Phi) is 9.51. The first-order valence-corrected chi connectivity index (χ1v) is 18.9. The van der Waals surface area contributed by atoms with Crippen molar-refractivity contribution in [3.05, 3.63) is 78.8 Å². The largest absolute Gasteiger partial charge is 0.474 e. The zero-order valence-corrected chi connectivity index (χ0v) is 29.8. The van der Waals surface area contributed by atoms with Gasteiger partial charge in [0.25, 0.3) is 0 Å². The van der Waals surface area contributed by atoms with Gasteiger partial charge in [-0.3, -0.25) is 24.3 Å². The molecule has 2 fully saturated rings. The van der Waals surface area contributed by atoms with E-state index in [1.54, 1.807) is 29.0 Å². The Balaban J connectivity index is 0.863. The highest BCUT2D eigenvalue weighted by Crippen LogP contribution is 2.36. The van der Waals surface area contributed by atoms with Crippen LogP contribution in [0.5, 0.6) is 5.88 Å². The van der Waals surface area contributed by atoms with Crippen LogP contribution in [0.1, 0.15) is 31.2 Å². The van der Waals surface area contributed by atoms with Gasteiger partial charge in [0.2, 0.25) is 17.7 Å². The van der Waals surface area contributed by atoms with E-state index in [4.69, 9.17) is 9.84 Å². The molecule has 1 aliphatic carbocycles. The number of rotatable bonds is 12. The van der Waals surface area contributed by atoms with Crippen LogP contribution in [0.25, 0.3) is 39.1 Å². The minimum atomic E-state index is -0.663. The van der Waals surface area contributed by atoms with E-state index in [1.165, 1.54) is 5.57 Å². The maximum absolute atomic E-state index is 13.8. The highest BCUT2D eigenvalue weighted by molar-refractivity contribution is 8.00. The molecule has 5 aromatic rings. The number of nitrogens with zero attached hydrogens (tertiary/aromatic N) is 7. The van der Waals surface area contributed by atoms with Crippen molar-refractivity contribution in [3.8, 4) is 28.5 Å². The smallest absolute Gasteiger partial charge is 0.241 e. The van der Waals surface area contributed by atoms with Gasteiger partial charge in [-0.05, 0) is 67.3 Å². The molecule has 1 saturated carbocycles. The number of hydrogen-bond donors (Lipinski definition) is 3. The molecule has 0 radical (unpaired) electrons. The number of pyridine rings is 1. The molecule has 0 spiro atoms. The van der Waals surface area contributed by atoms with E-state index in [0.29, 0.717) is 56.5 Å². The van der Waals surface area contributed by atoms with Gasteiger partial charge in [-0.15, -0.1) is 11.8 Å². The SMILES string of the molecule is CS[C@@]1(C(=O)Nc2ccc3[nH]nc(-c4ccc(OC5CC5)nc4)c3c2)CCN(CC(=O)N2CC=C(c3ccc(-c4ncn(CCO)n4)cc3)CC2)C1. The number of amides is 2. The number of likely N-dealkylation sites (tertiary alicyclic amines) is 1. The van der Waals surface area contributed by atoms with Crippen LogP contribution in [0.3, 0.4) is 0 Å². The summed E-state index contributed by atoms with van der Waals surface area (Å²) in [6.07, 6.45) is 11.4. The van der Waals surface area contributed by atoms with Crippen LogP contribution in [0.2, 0.25) is 0 Å². The quantitative estimate of drug-likeness (QED) is 0.168. The molecule has 3 aromatic heterocycles. The molecule has 2 amide bonds. The third-order valence-corrected chi connectivity index (χ3v) is 11.4. The summed E-state index contributed by atoms with van der Waals surface area (Å²) in [6.45, 7) is 3.09. The summed E-state index contributed by atoms with van der Waals surface area (Å²) in [5, 5.41) is 25.2. The van der Waals surface area contributed by atoms with Gasteiger partial charge >= 0.3 is 0 Å². The summed E-state index contributed by atoms with van der Waals surface area (Å²) in [4.78, 5) is 40.1. The average molecular weight is 720 g/mol. The Morgan fingerprint density at radius 2 is 1.88 bits per heavy atom. The van der Waals surface area contributed by atoms with Gasteiger partial charge in [-0.2, -0.15) is 10.2 Å². The third kappa shape index (κ3) is 7.18. The van der Waals surface area contributed by atoms with Crippen LogP contribution in [0, 0.1) is 0 Å². The van der Waals surface area contributed by atoms with E-state index in [1.807, 2.05) is 53.6 Å². The molecule has 0 bridgehead atoms. The van der Waals surface area contributed by atoms with Gasteiger partial charge in [0.15, 0.2) is 5.82 Å². The summed E-state index contributed by atoms with van der Waals surface area (Å²) in [5.41, 5.74) is 6.43. The summed E-state index contributed by atoms with van der Waals surface area (Å²) < 4.78 is 6.75. The number of aromatic nitrogens is 6. The van der Waals surface area contributed by atoms with Crippen molar-refractivity contribution in [2.24, 2.45) is 0 Å². The van der Waals surface area contributed by atoms with E-state index < -0.39 is 4.75 Å². The average Bonchev–Trinajstić information content (AvgIpc) is 3.50. The normalized spacial score (nSPS) is 19.2. The van der Waals surface area contributed by atoms with Gasteiger partial charge in [0.1, 0.15) is 22.9 Å². The lowest BCUT2D eigenvalue weighted by Gasteiger charge is -2.29. The lowest BCUT2D eigenvalue weighted by molar-refractivity contribution is -0.132. The second-order valence-corrected chi connectivity index (χ2v) is 14.8. The molecule has 3 N–H and O–H groups in total. The van der Waals surface area contributed by atoms with Crippen LogP contribution in [-0.4, -0.2) is 113 Å². The number of carbonyl (C=O) groups is 2. The van der Waals surface area contributed by atoms with Crippen LogP contribution in [0.4, 0.5) is 5.69 Å². The number of aliphatic hydroxyl groups excluding tert-OH is 1. The van der Waals surface area contributed by atoms with Gasteiger partial charge < -0.3 is 20.1 Å². The fourth-order valence-corrected chi connectivity index (χ4v) is 7.70. The summed E-state index contributed by atoms with van der Waals surface area (Å²) in [6, 6.07) is 17.7. The van der Waals surface area contributed by atoms with Crippen LogP contribution >= 0.6 is 11.8 Å². The molecule has 2 aromatic carbocycles. The molecule has 1 atom stereocenters.